The van der Waals surface area contributed by atoms with Crippen molar-refractivity contribution in [3.8, 4) is 0 Å². The third-order valence-corrected chi connectivity index (χ3v) is 2.86. The van der Waals surface area contributed by atoms with E-state index in [0.29, 0.717) is 13.1 Å². The summed E-state index contributed by atoms with van der Waals surface area (Å²) >= 11 is 0. The SMILES string of the molecule is CC(=O)N1CCC(N2C=C(F)N=CC2)C1. The first-order valence-electron chi connectivity index (χ1n) is 5.08. The molecule has 1 unspecified atom stereocenters. The van der Waals surface area contributed by atoms with Crippen LogP contribution in [0.2, 0.25) is 0 Å². The molecule has 2 aliphatic heterocycles. The molecule has 2 heterocycles. The second-order valence-electron chi connectivity index (χ2n) is 3.87. The lowest BCUT2D eigenvalue weighted by molar-refractivity contribution is -0.127. The maximum Gasteiger partial charge on any atom is 0.228 e. The number of carbonyl (C=O) groups is 1. The zero-order chi connectivity index (χ0) is 10.8. The van der Waals surface area contributed by atoms with Crippen LogP contribution in [-0.4, -0.2) is 47.6 Å². The van der Waals surface area contributed by atoms with Gasteiger partial charge in [0.15, 0.2) is 0 Å². The molecule has 4 nitrogen and oxygen atoms in total. The molecule has 82 valence electrons. The Balaban J connectivity index is 1.97. The van der Waals surface area contributed by atoms with Gasteiger partial charge in [0.1, 0.15) is 0 Å². The van der Waals surface area contributed by atoms with Crippen LogP contribution in [0, 0.1) is 0 Å². The van der Waals surface area contributed by atoms with Crippen molar-refractivity contribution >= 4 is 12.1 Å². The Morgan fingerprint density at radius 1 is 1.67 bits per heavy atom. The molecule has 1 fully saturated rings. The first-order chi connectivity index (χ1) is 7.16. The molecule has 5 heteroatoms. The van der Waals surface area contributed by atoms with Crippen molar-refractivity contribution in [2.24, 2.45) is 4.99 Å². The highest BCUT2D eigenvalue weighted by Gasteiger charge is 2.28. The normalized spacial score (nSPS) is 25.7. The fourth-order valence-electron chi connectivity index (χ4n) is 2.00. The van der Waals surface area contributed by atoms with Crippen LogP contribution in [0.4, 0.5) is 4.39 Å². The van der Waals surface area contributed by atoms with Crippen molar-refractivity contribution in [1.82, 2.24) is 9.80 Å². The average molecular weight is 211 g/mol. The Morgan fingerprint density at radius 2 is 2.47 bits per heavy atom. The number of likely N-dealkylation sites (tertiary alicyclic amines) is 1. The molecule has 1 amide bonds. The van der Waals surface area contributed by atoms with Crippen LogP contribution in [-0.2, 0) is 4.79 Å². The van der Waals surface area contributed by atoms with Crippen molar-refractivity contribution in [2.75, 3.05) is 19.6 Å². The maximum atomic E-state index is 12.9. The number of rotatable bonds is 1. The summed E-state index contributed by atoms with van der Waals surface area (Å²) in [5.41, 5.74) is 0. The molecule has 0 aromatic heterocycles. The van der Waals surface area contributed by atoms with Crippen molar-refractivity contribution in [1.29, 1.82) is 0 Å². The predicted octanol–water partition coefficient (Wildman–Crippen LogP) is 0.762. The topological polar surface area (TPSA) is 35.9 Å². The number of hydrogen-bond donors (Lipinski definition) is 0. The minimum absolute atomic E-state index is 0.0904. The number of amides is 1. The minimum Gasteiger partial charge on any atom is -0.364 e. The zero-order valence-corrected chi connectivity index (χ0v) is 8.69. The van der Waals surface area contributed by atoms with Crippen molar-refractivity contribution in [3.05, 3.63) is 12.2 Å². The smallest absolute Gasteiger partial charge is 0.228 e. The van der Waals surface area contributed by atoms with Gasteiger partial charge >= 0.3 is 0 Å². The van der Waals surface area contributed by atoms with E-state index < -0.39 is 5.95 Å². The third-order valence-electron chi connectivity index (χ3n) is 2.86. The fourth-order valence-corrected chi connectivity index (χ4v) is 2.00. The maximum absolute atomic E-state index is 12.9. The highest BCUT2D eigenvalue weighted by Crippen LogP contribution is 2.18. The monoisotopic (exact) mass is 211 g/mol. The Morgan fingerprint density at radius 3 is 3.07 bits per heavy atom. The Bertz CT molecular complexity index is 327. The van der Waals surface area contributed by atoms with Crippen LogP contribution < -0.4 is 0 Å². The van der Waals surface area contributed by atoms with E-state index in [9.17, 15) is 9.18 Å². The summed E-state index contributed by atoms with van der Waals surface area (Å²) < 4.78 is 12.9. The molecule has 1 atom stereocenters. The Kier molecular flexibility index (Phi) is 2.70. The predicted molar refractivity (Wildman–Crippen MR) is 55.0 cm³/mol. The molecule has 2 aliphatic rings. The molecule has 1 saturated heterocycles. The van der Waals surface area contributed by atoms with Crippen molar-refractivity contribution in [2.45, 2.75) is 19.4 Å². The summed E-state index contributed by atoms with van der Waals surface area (Å²) in [6, 6.07) is 0.228. The van der Waals surface area contributed by atoms with E-state index in [4.69, 9.17) is 0 Å². The molecule has 0 aromatic carbocycles. The number of nitrogens with zero attached hydrogens (tertiary/aromatic N) is 3. The van der Waals surface area contributed by atoms with E-state index >= 15 is 0 Å². The van der Waals surface area contributed by atoms with Gasteiger partial charge in [-0.05, 0) is 6.42 Å². The number of halogens is 1. The largest absolute Gasteiger partial charge is 0.364 e. The standard InChI is InChI=1S/C10H14FN3O/c1-8(15)13-4-2-9(6-13)14-5-3-12-10(11)7-14/h3,7,9H,2,4-6H2,1H3. The number of aliphatic imine (C=N–C) groups is 1. The van der Waals surface area contributed by atoms with Gasteiger partial charge in [0.2, 0.25) is 11.9 Å². The van der Waals surface area contributed by atoms with Gasteiger partial charge in [0.05, 0.1) is 12.7 Å². The van der Waals surface area contributed by atoms with Crippen molar-refractivity contribution in [3.63, 3.8) is 0 Å². The zero-order valence-electron chi connectivity index (χ0n) is 8.69. The van der Waals surface area contributed by atoms with Crippen molar-refractivity contribution < 1.29 is 9.18 Å². The van der Waals surface area contributed by atoms with Gasteiger partial charge in [-0.15, -0.1) is 0 Å². The molecule has 0 bridgehead atoms. The molecular formula is C10H14FN3O. The first-order valence-corrected chi connectivity index (χ1v) is 5.08. The molecular weight excluding hydrogens is 197 g/mol. The summed E-state index contributed by atoms with van der Waals surface area (Å²) in [6.07, 6.45) is 3.89. The summed E-state index contributed by atoms with van der Waals surface area (Å²) in [6.45, 7) is 3.65. The summed E-state index contributed by atoms with van der Waals surface area (Å²) in [7, 11) is 0. The van der Waals surface area contributed by atoms with Crippen LogP contribution in [0.3, 0.4) is 0 Å². The van der Waals surface area contributed by atoms with E-state index in [1.54, 1.807) is 18.0 Å². The summed E-state index contributed by atoms with van der Waals surface area (Å²) in [5, 5.41) is 0. The van der Waals surface area contributed by atoms with Gasteiger partial charge in [-0.2, -0.15) is 4.39 Å². The highest BCUT2D eigenvalue weighted by molar-refractivity contribution is 5.73. The molecule has 0 aromatic rings. The van der Waals surface area contributed by atoms with Gasteiger partial charge in [0, 0.05) is 32.3 Å². The number of hydrogen-bond acceptors (Lipinski definition) is 3. The van der Waals surface area contributed by atoms with Crippen LogP contribution >= 0.6 is 0 Å². The quantitative estimate of drug-likeness (QED) is 0.600. The van der Waals surface area contributed by atoms with Crippen LogP contribution in [0.25, 0.3) is 0 Å². The van der Waals surface area contributed by atoms with Crippen LogP contribution in [0.1, 0.15) is 13.3 Å². The fraction of sp³-hybridized carbons (Fsp3) is 0.600. The minimum atomic E-state index is -0.456. The van der Waals surface area contributed by atoms with Gasteiger partial charge in [-0.25, -0.2) is 4.99 Å². The van der Waals surface area contributed by atoms with Gasteiger partial charge < -0.3 is 9.80 Å². The van der Waals surface area contributed by atoms with E-state index in [0.717, 1.165) is 13.0 Å². The molecule has 0 aliphatic carbocycles. The van der Waals surface area contributed by atoms with E-state index in [2.05, 4.69) is 4.99 Å². The van der Waals surface area contributed by atoms with E-state index in [-0.39, 0.29) is 11.9 Å². The second-order valence-corrected chi connectivity index (χ2v) is 3.87. The lowest BCUT2D eigenvalue weighted by atomic mass is 10.2. The second kappa shape index (κ2) is 4.00. The molecule has 0 saturated carbocycles. The van der Waals surface area contributed by atoms with E-state index in [1.807, 2.05) is 4.90 Å². The van der Waals surface area contributed by atoms with Crippen LogP contribution in [0.15, 0.2) is 17.1 Å². The lowest BCUT2D eigenvalue weighted by Crippen LogP contribution is -2.37. The highest BCUT2D eigenvalue weighted by atomic mass is 19.1. The third kappa shape index (κ3) is 2.16. The first kappa shape index (κ1) is 10.1. The lowest BCUT2D eigenvalue weighted by Gasteiger charge is -2.27. The average Bonchev–Trinajstić information content (AvgIpc) is 2.66. The summed E-state index contributed by atoms with van der Waals surface area (Å²) in [5.74, 6) is -0.366. The van der Waals surface area contributed by atoms with Gasteiger partial charge in [-0.1, -0.05) is 0 Å². The molecule has 0 radical (unpaired) electrons. The summed E-state index contributed by atoms with van der Waals surface area (Å²) in [4.78, 5) is 18.4. The van der Waals surface area contributed by atoms with Gasteiger partial charge in [0.25, 0.3) is 0 Å². The molecule has 2 rings (SSSR count). The number of carbonyl (C=O) groups excluding carboxylic acids is 1. The molecule has 0 spiro atoms. The van der Waals surface area contributed by atoms with Gasteiger partial charge in [-0.3, -0.25) is 4.79 Å². The van der Waals surface area contributed by atoms with E-state index in [1.165, 1.54) is 6.20 Å². The van der Waals surface area contributed by atoms with Crippen LogP contribution in [0.5, 0.6) is 0 Å². The molecule has 15 heavy (non-hydrogen) atoms. The Labute approximate surface area is 88.1 Å². The Hall–Kier alpha value is -1.39. The molecule has 0 N–H and O–H groups in total.